The third kappa shape index (κ3) is 2.41. The summed E-state index contributed by atoms with van der Waals surface area (Å²) in [4.78, 5) is 8.73. The number of nitrogens with one attached hydrogen (secondary N) is 1. The van der Waals surface area contributed by atoms with Gasteiger partial charge in [-0.25, -0.2) is 4.98 Å². The fourth-order valence-electron chi connectivity index (χ4n) is 2.00. The molecule has 0 aliphatic rings. The van der Waals surface area contributed by atoms with E-state index in [0.29, 0.717) is 0 Å². The van der Waals surface area contributed by atoms with Crippen molar-refractivity contribution in [2.45, 2.75) is 13.0 Å². The maximum Gasteiger partial charge on any atom is 0.0948 e. The zero-order chi connectivity index (χ0) is 13.2. The van der Waals surface area contributed by atoms with E-state index in [1.807, 2.05) is 35.2 Å². The van der Waals surface area contributed by atoms with Crippen LogP contribution in [0.2, 0.25) is 5.02 Å². The van der Waals surface area contributed by atoms with Crippen LogP contribution in [0.3, 0.4) is 0 Å². The van der Waals surface area contributed by atoms with Crippen LogP contribution in [0.15, 0.2) is 41.4 Å². The molecule has 1 atom stereocenters. The summed E-state index contributed by atoms with van der Waals surface area (Å²) in [6.45, 7) is 2.08. The maximum atomic E-state index is 6.19. The highest BCUT2D eigenvalue weighted by Gasteiger charge is 2.11. The fourth-order valence-corrected chi connectivity index (χ4v) is 2.86. The third-order valence-electron chi connectivity index (χ3n) is 2.98. The van der Waals surface area contributed by atoms with Crippen molar-refractivity contribution in [3.05, 3.63) is 52.1 Å². The number of rotatable bonds is 3. The van der Waals surface area contributed by atoms with Crippen LogP contribution in [0.1, 0.15) is 18.7 Å². The second-order valence-electron chi connectivity index (χ2n) is 4.27. The fraction of sp³-hybridized carbons (Fsp3) is 0.143. The van der Waals surface area contributed by atoms with Gasteiger partial charge in [-0.05, 0) is 31.2 Å². The van der Waals surface area contributed by atoms with Gasteiger partial charge in [-0.1, -0.05) is 11.6 Å². The summed E-state index contributed by atoms with van der Waals surface area (Å²) in [5.74, 6) is 0. The molecule has 0 saturated heterocycles. The molecule has 0 radical (unpaired) electrons. The molecule has 3 aromatic rings. The molecule has 1 unspecified atom stereocenters. The zero-order valence-corrected chi connectivity index (χ0v) is 11.9. The first kappa shape index (κ1) is 12.4. The van der Waals surface area contributed by atoms with Crippen molar-refractivity contribution < 1.29 is 0 Å². The molecule has 3 nitrogen and oxygen atoms in total. The molecule has 2 aromatic heterocycles. The molecule has 2 heterocycles. The highest BCUT2D eigenvalue weighted by atomic mass is 35.5. The average molecular weight is 290 g/mol. The minimum absolute atomic E-state index is 0.137. The van der Waals surface area contributed by atoms with Crippen LogP contribution in [0.5, 0.6) is 0 Å². The predicted octanol–water partition coefficient (Wildman–Crippen LogP) is 4.52. The molecule has 0 amide bonds. The largest absolute Gasteiger partial charge is 0.375 e. The first-order chi connectivity index (χ1) is 9.25. The van der Waals surface area contributed by atoms with Gasteiger partial charge in [-0.2, -0.15) is 0 Å². The molecule has 0 aliphatic carbocycles. The van der Waals surface area contributed by atoms with E-state index in [1.54, 1.807) is 17.5 Å². The Morgan fingerprint density at radius 1 is 1.26 bits per heavy atom. The maximum absolute atomic E-state index is 6.19. The topological polar surface area (TPSA) is 37.8 Å². The third-order valence-corrected chi connectivity index (χ3v) is 3.92. The Morgan fingerprint density at radius 2 is 2.16 bits per heavy atom. The minimum Gasteiger partial charge on any atom is -0.375 e. The van der Waals surface area contributed by atoms with Gasteiger partial charge in [0, 0.05) is 17.0 Å². The number of hydrogen-bond donors (Lipinski definition) is 1. The Morgan fingerprint density at radius 3 is 2.95 bits per heavy atom. The first-order valence-electron chi connectivity index (χ1n) is 5.93. The van der Waals surface area contributed by atoms with Crippen LogP contribution in [0.25, 0.3) is 10.9 Å². The van der Waals surface area contributed by atoms with E-state index in [0.717, 1.165) is 27.3 Å². The molecule has 1 N–H and O–H groups in total. The number of fused-ring (bicyclic) bond motifs is 1. The predicted molar refractivity (Wildman–Crippen MR) is 80.9 cm³/mol. The van der Waals surface area contributed by atoms with Crippen LogP contribution in [0.4, 0.5) is 5.69 Å². The molecule has 96 valence electrons. The Hall–Kier alpha value is -1.65. The second kappa shape index (κ2) is 5.15. The Kier molecular flexibility index (Phi) is 3.36. The summed E-state index contributed by atoms with van der Waals surface area (Å²) in [5, 5.41) is 7.16. The van der Waals surface area contributed by atoms with Gasteiger partial charge in [0.15, 0.2) is 0 Å². The van der Waals surface area contributed by atoms with Crippen molar-refractivity contribution in [3.63, 3.8) is 0 Å². The summed E-state index contributed by atoms with van der Waals surface area (Å²) in [7, 11) is 0. The number of pyridine rings is 1. The summed E-state index contributed by atoms with van der Waals surface area (Å²) < 4.78 is 0. The van der Waals surface area contributed by atoms with Crippen molar-refractivity contribution in [1.82, 2.24) is 9.97 Å². The van der Waals surface area contributed by atoms with Gasteiger partial charge in [0.2, 0.25) is 0 Å². The van der Waals surface area contributed by atoms with Crippen LogP contribution < -0.4 is 5.32 Å². The summed E-state index contributed by atoms with van der Waals surface area (Å²) in [6, 6.07) is 7.85. The van der Waals surface area contributed by atoms with Crippen LogP contribution in [-0.4, -0.2) is 9.97 Å². The first-order valence-corrected chi connectivity index (χ1v) is 7.25. The average Bonchev–Trinajstić information content (AvgIpc) is 2.96. The van der Waals surface area contributed by atoms with Gasteiger partial charge < -0.3 is 5.32 Å². The molecular weight excluding hydrogens is 278 g/mol. The Balaban J connectivity index is 2.00. The van der Waals surface area contributed by atoms with Gasteiger partial charge in [0.25, 0.3) is 0 Å². The molecule has 5 heteroatoms. The Bertz CT molecular complexity index is 697. The standard InChI is InChI=1S/C14H12ClN3S/c1-9(13-7-19-8-17-13)18-12-5-4-11(15)10-3-2-6-16-14(10)12/h2-9,18H,1H3. The molecule has 3 rings (SSSR count). The Labute approximate surface area is 120 Å². The molecule has 0 bridgehead atoms. The van der Waals surface area contributed by atoms with E-state index >= 15 is 0 Å². The van der Waals surface area contributed by atoms with Crippen molar-refractivity contribution >= 4 is 39.5 Å². The van der Waals surface area contributed by atoms with E-state index in [1.165, 1.54) is 0 Å². The number of benzene rings is 1. The number of nitrogens with zero attached hydrogens (tertiary/aromatic N) is 2. The van der Waals surface area contributed by atoms with Crippen LogP contribution >= 0.6 is 22.9 Å². The molecule has 0 saturated carbocycles. The SMILES string of the molecule is CC(Nc1ccc(Cl)c2cccnc12)c1cscn1. The zero-order valence-electron chi connectivity index (χ0n) is 10.3. The molecule has 0 fully saturated rings. The monoisotopic (exact) mass is 289 g/mol. The highest BCUT2D eigenvalue weighted by molar-refractivity contribution is 7.07. The van der Waals surface area contributed by atoms with Crippen molar-refractivity contribution in [1.29, 1.82) is 0 Å². The van der Waals surface area contributed by atoms with Gasteiger partial charge >= 0.3 is 0 Å². The number of hydrogen-bond acceptors (Lipinski definition) is 4. The number of halogens is 1. The van der Waals surface area contributed by atoms with Crippen molar-refractivity contribution in [3.8, 4) is 0 Å². The summed E-state index contributed by atoms with van der Waals surface area (Å²) in [5.41, 5.74) is 4.73. The molecule has 1 aromatic carbocycles. The van der Waals surface area contributed by atoms with Gasteiger partial charge in [0.05, 0.1) is 33.5 Å². The van der Waals surface area contributed by atoms with E-state index in [-0.39, 0.29) is 6.04 Å². The number of anilines is 1. The van der Waals surface area contributed by atoms with E-state index in [4.69, 9.17) is 11.6 Å². The van der Waals surface area contributed by atoms with Crippen molar-refractivity contribution in [2.75, 3.05) is 5.32 Å². The van der Waals surface area contributed by atoms with Crippen LogP contribution in [0, 0.1) is 0 Å². The van der Waals surface area contributed by atoms with Crippen molar-refractivity contribution in [2.24, 2.45) is 0 Å². The van der Waals surface area contributed by atoms with E-state index in [2.05, 4.69) is 22.2 Å². The lowest BCUT2D eigenvalue weighted by atomic mass is 10.1. The number of thiazole rings is 1. The number of aromatic nitrogens is 2. The van der Waals surface area contributed by atoms with E-state index < -0.39 is 0 Å². The smallest absolute Gasteiger partial charge is 0.0948 e. The van der Waals surface area contributed by atoms with Gasteiger partial charge in [-0.15, -0.1) is 11.3 Å². The lowest BCUT2D eigenvalue weighted by Gasteiger charge is -2.15. The lowest BCUT2D eigenvalue weighted by Crippen LogP contribution is -2.07. The second-order valence-corrected chi connectivity index (χ2v) is 5.40. The molecule has 19 heavy (non-hydrogen) atoms. The minimum atomic E-state index is 0.137. The molecular formula is C14H12ClN3S. The van der Waals surface area contributed by atoms with Crippen LogP contribution in [-0.2, 0) is 0 Å². The summed E-state index contributed by atoms with van der Waals surface area (Å²) >= 11 is 7.78. The van der Waals surface area contributed by atoms with Gasteiger partial charge in [-0.3, -0.25) is 4.98 Å². The lowest BCUT2D eigenvalue weighted by molar-refractivity contribution is 0.851. The molecule has 0 aliphatic heterocycles. The highest BCUT2D eigenvalue weighted by Crippen LogP contribution is 2.30. The molecule has 0 spiro atoms. The quantitative estimate of drug-likeness (QED) is 0.770. The summed E-state index contributed by atoms with van der Waals surface area (Å²) in [6.07, 6.45) is 1.78. The van der Waals surface area contributed by atoms with Gasteiger partial charge in [0.1, 0.15) is 0 Å². The van der Waals surface area contributed by atoms with E-state index in [9.17, 15) is 0 Å². The normalized spacial score (nSPS) is 12.5.